The molecule has 1 atom stereocenters. The Bertz CT molecular complexity index is 419. The van der Waals surface area contributed by atoms with Crippen molar-refractivity contribution in [1.29, 1.82) is 0 Å². The predicted molar refractivity (Wildman–Crippen MR) is 75.3 cm³/mol. The summed E-state index contributed by atoms with van der Waals surface area (Å²) in [5.74, 6) is -1.02. The number of carbonyl (C=O) groups is 2. The van der Waals surface area contributed by atoms with E-state index in [4.69, 9.17) is 21.4 Å². The zero-order chi connectivity index (χ0) is 13.9. The molecule has 0 unspecified atom stereocenters. The van der Waals surface area contributed by atoms with Crippen LogP contribution in [0.4, 0.5) is 0 Å². The van der Waals surface area contributed by atoms with Crippen LogP contribution in [-0.4, -0.2) is 25.0 Å². The molecule has 0 aromatic rings. The standard InChI is InChI=1S/C11H15Cl2NO3S/c1-7(2)9(11(16)17-3)14-10(15)8-5-4-6-18(8,12)13/h4-7,9H,1-3H3,(H,14,15)/t9-/m0/s1. The van der Waals surface area contributed by atoms with Crippen LogP contribution < -0.4 is 5.32 Å². The molecule has 1 aliphatic rings. The van der Waals surface area contributed by atoms with Gasteiger partial charge >= 0.3 is 5.97 Å². The van der Waals surface area contributed by atoms with E-state index in [-0.39, 0.29) is 10.8 Å². The van der Waals surface area contributed by atoms with Gasteiger partial charge in [-0.15, -0.1) is 0 Å². The maximum absolute atomic E-state index is 12.0. The van der Waals surface area contributed by atoms with E-state index in [1.165, 1.54) is 7.11 Å². The molecule has 0 bridgehead atoms. The Labute approximate surface area is 117 Å². The van der Waals surface area contributed by atoms with Gasteiger partial charge in [-0.2, -0.15) is 0 Å². The fourth-order valence-electron chi connectivity index (χ4n) is 1.43. The van der Waals surface area contributed by atoms with Crippen LogP contribution in [0.2, 0.25) is 0 Å². The van der Waals surface area contributed by atoms with E-state index < -0.39 is 26.4 Å². The number of nitrogens with one attached hydrogen (secondary N) is 1. The van der Waals surface area contributed by atoms with Gasteiger partial charge in [0.1, 0.15) is 6.04 Å². The number of carbonyl (C=O) groups excluding carboxylic acids is 2. The van der Waals surface area contributed by atoms with Gasteiger partial charge in [0.15, 0.2) is 0 Å². The van der Waals surface area contributed by atoms with Crippen molar-refractivity contribution in [3.05, 3.63) is 22.5 Å². The lowest BCUT2D eigenvalue weighted by atomic mass is 10.0. The number of rotatable bonds is 4. The van der Waals surface area contributed by atoms with Gasteiger partial charge in [-0.3, -0.25) is 4.79 Å². The predicted octanol–water partition coefficient (Wildman–Crippen LogP) is 2.82. The van der Waals surface area contributed by atoms with Crippen molar-refractivity contribution in [3.63, 3.8) is 0 Å². The number of allylic oxidation sites excluding steroid dienone is 2. The first-order chi connectivity index (χ1) is 8.29. The normalized spacial score (nSPS) is 20.2. The molecule has 0 saturated carbocycles. The highest BCUT2D eigenvalue weighted by Crippen LogP contribution is 2.68. The zero-order valence-corrected chi connectivity index (χ0v) is 12.6. The largest absolute Gasteiger partial charge is 0.467 e. The van der Waals surface area contributed by atoms with E-state index in [0.29, 0.717) is 0 Å². The Morgan fingerprint density at radius 3 is 2.39 bits per heavy atom. The van der Waals surface area contributed by atoms with Gasteiger partial charge in [0.25, 0.3) is 5.91 Å². The third-order valence-corrected chi connectivity index (χ3v) is 5.44. The molecule has 0 spiro atoms. The van der Waals surface area contributed by atoms with Crippen molar-refractivity contribution in [2.24, 2.45) is 5.92 Å². The number of hydrogen-bond donors (Lipinski definition) is 1. The number of methoxy groups -OCH3 is 1. The number of halogens is 2. The molecule has 1 N–H and O–H groups in total. The highest BCUT2D eigenvalue weighted by atomic mass is 36.0. The molecular weight excluding hydrogens is 297 g/mol. The molecule has 1 rings (SSSR count). The summed E-state index contributed by atoms with van der Waals surface area (Å²) in [4.78, 5) is 23.8. The molecule has 0 aromatic carbocycles. The number of esters is 1. The molecule has 1 aliphatic heterocycles. The minimum absolute atomic E-state index is 0.0913. The minimum atomic E-state index is -2.23. The smallest absolute Gasteiger partial charge is 0.328 e. The third kappa shape index (κ3) is 3.43. The van der Waals surface area contributed by atoms with Crippen molar-refractivity contribution in [3.8, 4) is 0 Å². The zero-order valence-electron chi connectivity index (χ0n) is 10.3. The number of amides is 1. The minimum Gasteiger partial charge on any atom is -0.467 e. The van der Waals surface area contributed by atoms with Gasteiger partial charge in [0, 0.05) is 0 Å². The molecule has 1 amide bonds. The SMILES string of the molecule is COC(=O)[C@@H](NC(=O)C1=CC=CS1(Cl)Cl)C(C)C. The van der Waals surface area contributed by atoms with Crippen LogP contribution in [0.15, 0.2) is 22.5 Å². The van der Waals surface area contributed by atoms with Crippen LogP contribution in [-0.2, 0) is 14.3 Å². The van der Waals surface area contributed by atoms with E-state index in [1.54, 1.807) is 17.6 Å². The Morgan fingerprint density at radius 1 is 1.39 bits per heavy atom. The summed E-state index contributed by atoms with van der Waals surface area (Å²) in [5, 5.41) is 4.17. The van der Waals surface area contributed by atoms with Crippen LogP contribution in [0.1, 0.15) is 13.8 Å². The Morgan fingerprint density at radius 2 is 2.00 bits per heavy atom. The average Bonchev–Trinajstić information content (AvgIpc) is 2.64. The van der Waals surface area contributed by atoms with Crippen molar-refractivity contribution >= 4 is 41.7 Å². The van der Waals surface area contributed by atoms with Gasteiger partial charge < -0.3 is 10.1 Å². The monoisotopic (exact) mass is 311 g/mol. The number of ether oxygens (including phenoxy) is 1. The van der Waals surface area contributed by atoms with Crippen molar-refractivity contribution in [1.82, 2.24) is 5.32 Å². The Kier molecular flexibility index (Phi) is 5.13. The first-order valence-corrected chi connectivity index (χ1v) is 8.64. The maximum Gasteiger partial charge on any atom is 0.328 e. The summed E-state index contributed by atoms with van der Waals surface area (Å²) in [7, 11) is 11.1. The highest BCUT2D eigenvalue weighted by molar-refractivity contribution is 8.70. The van der Waals surface area contributed by atoms with Gasteiger partial charge in [-0.1, -0.05) is 19.9 Å². The number of hydrogen-bond acceptors (Lipinski definition) is 3. The summed E-state index contributed by atoms with van der Waals surface area (Å²) < 4.78 is 4.64. The summed E-state index contributed by atoms with van der Waals surface area (Å²) >= 11 is 0. The fourth-order valence-corrected chi connectivity index (χ4v) is 3.50. The van der Waals surface area contributed by atoms with Crippen LogP contribution >= 0.6 is 29.8 Å². The molecule has 0 aromatic heterocycles. The lowest BCUT2D eigenvalue weighted by Gasteiger charge is -2.24. The van der Waals surface area contributed by atoms with E-state index in [0.717, 1.165) is 0 Å². The molecule has 0 radical (unpaired) electrons. The van der Waals surface area contributed by atoms with Crippen molar-refractivity contribution < 1.29 is 14.3 Å². The third-order valence-electron chi connectivity index (χ3n) is 2.42. The van der Waals surface area contributed by atoms with Gasteiger partial charge in [0.2, 0.25) is 0 Å². The van der Waals surface area contributed by atoms with Crippen molar-refractivity contribution in [2.75, 3.05) is 7.11 Å². The van der Waals surface area contributed by atoms with E-state index >= 15 is 0 Å². The molecule has 102 valence electrons. The van der Waals surface area contributed by atoms with E-state index in [9.17, 15) is 9.59 Å². The van der Waals surface area contributed by atoms with Crippen molar-refractivity contribution in [2.45, 2.75) is 19.9 Å². The second-order valence-corrected chi connectivity index (χ2v) is 9.21. The first kappa shape index (κ1) is 15.4. The van der Waals surface area contributed by atoms with Gasteiger partial charge in [-0.25, -0.2) is 4.79 Å². The maximum atomic E-state index is 12.0. The Balaban J connectivity index is 2.78. The molecule has 18 heavy (non-hydrogen) atoms. The summed E-state index contributed by atoms with van der Waals surface area (Å²) in [5.41, 5.74) is 0. The quantitative estimate of drug-likeness (QED) is 0.812. The molecule has 0 saturated heterocycles. The van der Waals surface area contributed by atoms with E-state index in [1.807, 2.05) is 13.8 Å². The molecule has 1 heterocycles. The molecular formula is C11H15Cl2NO3S. The molecule has 7 heteroatoms. The lowest BCUT2D eigenvalue weighted by Crippen LogP contribution is -2.45. The fraction of sp³-hybridized carbons (Fsp3) is 0.455. The van der Waals surface area contributed by atoms with Gasteiger partial charge in [-0.05, 0) is 47.2 Å². The molecule has 0 aliphatic carbocycles. The summed E-state index contributed by atoms with van der Waals surface area (Å²) in [6.07, 6.45) is 3.19. The second-order valence-electron chi connectivity index (χ2n) is 4.09. The highest BCUT2D eigenvalue weighted by Gasteiger charge is 2.33. The second kappa shape index (κ2) is 5.99. The van der Waals surface area contributed by atoms with E-state index in [2.05, 4.69) is 10.1 Å². The summed E-state index contributed by atoms with van der Waals surface area (Å²) in [6.45, 7) is 3.62. The van der Waals surface area contributed by atoms with Gasteiger partial charge in [0.05, 0.1) is 12.0 Å². The van der Waals surface area contributed by atoms with Crippen LogP contribution in [0.5, 0.6) is 0 Å². The lowest BCUT2D eigenvalue weighted by molar-refractivity contribution is -0.145. The van der Waals surface area contributed by atoms with Crippen LogP contribution in [0, 0.1) is 5.92 Å². The van der Waals surface area contributed by atoms with Crippen LogP contribution in [0.25, 0.3) is 0 Å². The molecule has 0 fully saturated rings. The topological polar surface area (TPSA) is 55.4 Å². The first-order valence-electron chi connectivity index (χ1n) is 5.29. The average molecular weight is 312 g/mol. The molecule has 4 nitrogen and oxygen atoms in total. The van der Waals surface area contributed by atoms with Crippen LogP contribution in [0.3, 0.4) is 0 Å². The summed E-state index contributed by atoms with van der Waals surface area (Å²) in [6, 6.07) is -0.715. The Hall–Kier alpha value is -0.650.